The minimum Gasteiger partial charge on any atom is -0.484 e. The van der Waals surface area contributed by atoms with Gasteiger partial charge in [-0.2, -0.15) is 0 Å². The maximum absolute atomic E-state index is 14.4. The first-order valence-corrected chi connectivity index (χ1v) is 13.3. The molecule has 2 N–H and O–H groups in total. The molecule has 0 radical (unpaired) electrons. The Morgan fingerprint density at radius 2 is 1.82 bits per heavy atom. The molecule has 3 rings (SSSR count). The molecule has 0 saturated heterocycles. The summed E-state index contributed by atoms with van der Waals surface area (Å²) in [6.45, 7) is 4.32. The van der Waals surface area contributed by atoms with Crippen LogP contribution < -0.4 is 19.7 Å². The van der Waals surface area contributed by atoms with Crippen molar-refractivity contribution in [2.75, 3.05) is 29.3 Å². The molecule has 0 aliphatic carbocycles. The number of benzene rings is 2. The van der Waals surface area contributed by atoms with E-state index < -0.39 is 46.0 Å². The second kappa shape index (κ2) is 11.1. The number of sulfonamides is 1. The van der Waals surface area contributed by atoms with E-state index in [4.69, 9.17) is 9.47 Å². The number of rotatable bonds is 9. The van der Waals surface area contributed by atoms with Crippen LogP contribution in [0.2, 0.25) is 0 Å². The van der Waals surface area contributed by atoms with Gasteiger partial charge in [-0.25, -0.2) is 26.4 Å². The average molecular weight is 558 g/mol. The minimum atomic E-state index is -4.23. The van der Waals surface area contributed by atoms with Crippen LogP contribution in [-0.2, 0) is 19.6 Å². The molecule has 0 saturated carbocycles. The molecule has 0 unspecified atom stereocenters. The fourth-order valence-corrected chi connectivity index (χ4v) is 4.98. The molecule has 1 aliphatic rings. The molecule has 0 spiro atoms. The van der Waals surface area contributed by atoms with E-state index in [2.05, 4.69) is 10.6 Å². The average Bonchev–Trinajstić information content (AvgIpc) is 2.86. The lowest BCUT2D eigenvalue weighted by Gasteiger charge is -2.35. The summed E-state index contributed by atoms with van der Waals surface area (Å²) >= 11 is 0. The van der Waals surface area contributed by atoms with E-state index in [0.717, 1.165) is 28.6 Å². The van der Waals surface area contributed by atoms with Crippen molar-refractivity contribution >= 4 is 33.4 Å². The van der Waals surface area contributed by atoms with Crippen LogP contribution >= 0.6 is 0 Å². The summed E-state index contributed by atoms with van der Waals surface area (Å²) in [4.78, 5) is 23.4. The van der Waals surface area contributed by atoms with Gasteiger partial charge in [-0.05, 0) is 48.9 Å². The van der Waals surface area contributed by atoms with Crippen molar-refractivity contribution < 1.29 is 40.7 Å². The molecule has 2 amide bonds. The van der Waals surface area contributed by atoms with Crippen LogP contribution in [0.15, 0.2) is 47.4 Å². The third-order valence-corrected chi connectivity index (χ3v) is 8.17. The number of amides is 2. The Hall–Kier alpha value is -3.48. The fourth-order valence-electron chi connectivity index (χ4n) is 3.48. The van der Waals surface area contributed by atoms with Gasteiger partial charge in [-0.1, -0.05) is 20.8 Å². The highest BCUT2D eigenvalue weighted by Gasteiger charge is 2.46. The van der Waals surface area contributed by atoms with Crippen molar-refractivity contribution in [1.29, 1.82) is 0 Å². The third kappa shape index (κ3) is 6.50. The Balaban J connectivity index is 1.87. The minimum absolute atomic E-state index is 0.0128. The van der Waals surface area contributed by atoms with Crippen LogP contribution in [0.5, 0.6) is 5.75 Å². The number of carbonyl (C=O) groups excluding carboxylic acids is 2. The van der Waals surface area contributed by atoms with E-state index in [1.807, 2.05) is 0 Å². The molecule has 2 aromatic carbocycles. The number of carbonyl (C=O) groups is 2. The van der Waals surface area contributed by atoms with Gasteiger partial charge in [0.15, 0.2) is 6.61 Å². The van der Waals surface area contributed by atoms with Crippen LogP contribution in [0.4, 0.5) is 29.3 Å². The molecule has 208 valence electrons. The van der Waals surface area contributed by atoms with Crippen LogP contribution in [0.25, 0.3) is 0 Å². The Bertz CT molecular complexity index is 1290. The molecule has 1 atom stereocenters. The molecule has 1 heterocycles. The van der Waals surface area contributed by atoms with Crippen molar-refractivity contribution in [1.82, 2.24) is 5.32 Å². The Morgan fingerprint density at radius 1 is 1.16 bits per heavy atom. The number of hydrogen-bond acceptors (Lipinski definition) is 6. The predicted molar refractivity (Wildman–Crippen MR) is 134 cm³/mol. The molecule has 1 aliphatic heterocycles. The number of fused-ring (bicyclic) bond motifs is 1. The quantitative estimate of drug-likeness (QED) is 0.468. The summed E-state index contributed by atoms with van der Waals surface area (Å²) in [5.74, 6) is -4.09. The molecule has 0 fully saturated rings. The second-order valence-electron chi connectivity index (χ2n) is 9.49. The summed E-state index contributed by atoms with van der Waals surface area (Å²) in [5, 5.41) is 4.90. The number of ether oxygens (including phenoxy) is 2. The van der Waals surface area contributed by atoms with Crippen molar-refractivity contribution in [3.63, 3.8) is 0 Å². The highest BCUT2D eigenvalue weighted by atomic mass is 32.2. The van der Waals surface area contributed by atoms with Gasteiger partial charge in [0.25, 0.3) is 15.9 Å². The van der Waals surface area contributed by atoms with Crippen molar-refractivity contribution in [2.45, 2.75) is 51.0 Å². The number of hydrogen-bond donors (Lipinski definition) is 2. The standard InChI is InChI=1S/C25H30F3N3O6S/c1-5-24(3,4)25(27,28)15-36-23(33)30-18-8-11-22-21(12-18)31(14-19(37-22)13-29-16(2)32)38(34,35)20-9-6-17(26)7-10-20/h6-12,19H,5,13-15H2,1-4H3,(H,29,32)(H,30,33)/t19-/m0/s1. The fraction of sp³-hybridized carbons (Fsp3) is 0.440. The molecule has 0 bridgehead atoms. The monoisotopic (exact) mass is 557 g/mol. The predicted octanol–water partition coefficient (Wildman–Crippen LogP) is 4.54. The van der Waals surface area contributed by atoms with Gasteiger partial charge < -0.3 is 14.8 Å². The smallest absolute Gasteiger partial charge is 0.411 e. The topological polar surface area (TPSA) is 114 Å². The lowest BCUT2D eigenvalue weighted by atomic mass is 9.83. The zero-order valence-corrected chi connectivity index (χ0v) is 22.2. The summed E-state index contributed by atoms with van der Waals surface area (Å²) < 4.78 is 80.8. The van der Waals surface area contributed by atoms with E-state index in [9.17, 15) is 31.2 Å². The van der Waals surface area contributed by atoms with Crippen molar-refractivity contribution in [3.05, 3.63) is 48.3 Å². The maximum atomic E-state index is 14.4. The van der Waals surface area contributed by atoms with E-state index in [-0.39, 0.29) is 47.4 Å². The van der Waals surface area contributed by atoms with Crippen molar-refractivity contribution in [2.24, 2.45) is 5.41 Å². The number of halogens is 3. The highest BCUT2D eigenvalue weighted by molar-refractivity contribution is 7.92. The van der Waals surface area contributed by atoms with Crippen LogP contribution in [-0.4, -0.2) is 52.1 Å². The summed E-state index contributed by atoms with van der Waals surface area (Å²) in [6, 6.07) is 8.31. The van der Waals surface area contributed by atoms with Crippen molar-refractivity contribution in [3.8, 4) is 5.75 Å². The largest absolute Gasteiger partial charge is 0.484 e. The summed E-state index contributed by atoms with van der Waals surface area (Å²) in [6.07, 6.45) is -1.74. The summed E-state index contributed by atoms with van der Waals surface area (Å²) in [5.41, 5.74) is -1.28. The van der Waals surface area contributed by atoms with Crippen LogP contribution in [0.1, 0.15) is 34.1 Å². The molecular weight excluding hydrogens is 527 g/mol. The number of alkyl halides is 2. The van der Waals surface area contributed by atoms with E-state index in [0.29, 0.717) is 0 Å². The normalized spacial score (nSPS) is 15.8. The Kier molecular flexibility index (Phi) is 8.49. The van der Waals surface area contributed by atoms with Gasteiger partial charge in [-0.15, -0.1) is 0 Å². The maximum Gasteiger partial charge on any atom is 0.411 e. The first kappa shape index (κ1) is 29.1. The van der Waals surface area contributed by atoms with Gasteiger partial charge in [-0.3, -0.25) is 14.4 Å². The summed E-state index contributed by atoms with van der Waals surface area (Å²) in [7, 11) is -4.23. The number of nitrogens with zero attached hydrogens (tertiary/aromatic N) is 1. The zero-order valence-electron chi connectivity index (χ0n) is 21.4. The molecule has 2 aromatic rings. The first-order valence-electron chi connectivity index (χ1n) is 11.8. The lowest BCUT2D eigenvalue weighted by molar-refractivity contribution is -0.138. The van der Waals surface area contributed by atoms with Gasteiger partial charge in [0.05, 0.1) is 23.7 Å². The molecule has 38 heavy (non-hydrogen) atoms. The molecular formula is C25H30F3N3O6S. The second-order valence-corrected chi connectivity index (χ2v) is 11.4. The molecule has 0 aromatic heterocycles. The van der Waals surface area contributed by atoms with E-state index >= 15 is 0 Å². The van der Waals surface area contributed by atoms with E-state index in [1.54, 1.807) is 6.92 Å². The van der Waals surface area contributed by atoms with Gasteiger partial charge >= 0.3 is 6.09 Å². The van der Waals surface area contributed by atoms with Crippen LogP contribution in [0, 0.1) is 11.2 Å². The van der Waals surface area contributed by atoms with E-state index in [1.165, 1.54) is 39.0 Å². The number of anilines is 2. The third-order valence-electron chi connectivity index (χ3n) is 6.38. The SMILES string of the molecule is CCC(C)(C)C(F)(F)COC(=O)Nc1ccc2c(c1)N(S(=O)(=O)c1ccc(F)cc1)C[C@H](CNC(C)=O)O2. The van der Waals surface area contributed by atoms with Gasteiger partial charge in [0.1, 0.15) is 17.7 Å². The zero-order chi connectivity index (χ0) is 28.3. The lowest BCUT2D eigenvalue weighted by Crippen LogP contribution is -2.48. The van der Waals surface area contributed by atoms with Gasteiger partial charge in [0, 0.05) is 18.0 Å². The first-order chi connectivity index (χ1) is 17.7. The molecule has 9 nitrogen and oxygen atoms in total. The highest BCUT2D eigenvalue weighted by Crippen LogP contribution is 2.40. The number of nitrogens with one attached hydrogen (secondary N) is 2. The Labute approximate surface area is 219 Å². The van der Waals surface area contributed by atoms with Gasteiger partial charge in [0.2, 0.25) is 5.91 Å². The molecule has 13 heteroatoms. The van der Waals surface area contributed by atoms with Crippen LogP contribution in [0.3, 0.4) is 0 Å². The Morgan fingerprint density at radius 3 is 2.42 bits per heavy atom.